The number of rotatable bonds is 9. The van der Waals surface area contributed by atoms with E-state index in [0.717, 1.165) is 35.1 Å². The molecule has 1 fully saturated rings. The summed E-state index contributed by atoms with van der Waals surface area (Å²) in [5.41, 5.74) is 0. The Morgan fingerprint density at radius 3 is 2.56 bits per heavy atom. The molecule has 1 aromatic rings. The molecule has 0 saturated carbocycles. The lowest BCUT2D eigenvalue weighted by Gasteiger charge is -2.25. The van der Waals surface area contributed by atoms with Gasteiger partial charge in [-0.1, -0.05) is 0 Å². The maximum atomic E-state index is 12.9. The van der Waals surface area contributed by atoms with Gasteiger partial charge in [-0.05, 0) is 36.4 Å². The molecule has 0 aliphatic carbocycles. The van der Waals surface area contributed by atoms with Crippen LogP contribution in [0.5, 0.6) is 0 Å². The summed E-state index contributed by atoms with van der Waals surface area (Å²) >= 11 is 3.46. The standard InChI is InChI=1S/C17H27FN4O2S3/c1-19-17(20-7-2-11-26-16-5-3-15(18)4-6-16)21-8-14-27(23,24)22-9-12-25-13-10-22/h3-6H,2,7-14H2,1H3,(H2,19,20,21). The lowest BCUT2D eigenvalue weighted by molar-refractivity contribution is 0.443. The molecule has 1 heterocycles. The molecule has 152 valence electrons. The van der Waals surface area contributed by atoms with E-state index in [2.05, 4.69) is 15.6 Å². The van der Waals surface area contributed by atoms with E-state index >= 15 is 0 Å². The van der Waals surface area contributed by atoms with E-state index in [1.54, 1.807) is 47.0 Å². The second-order valence-corrected chi connectivity index (χ2v) is 10.4. The third-order valence-electron chi connectivity index (χ3n) is 3.94. The molecule has 0 amide bonds. The Kier molecular flexibility index (Phi) is 9.74. The van der Waals surface area contributed by atoms with Crippen LogP contribution in [0.1, 0.15) is 6.42 Å². The van der Waals surface area contributed by atoms with Crippen LogP contribution in [-0.4, -0.2) is 74.9 Å². The number of benzene rings is 1. The number of thioether (sulfide) groups is 2. The topological polar surface area (TPSA) is 73.8 Å². The van der Waals surface area contributed by atoms with Crippen molar-refractivity contribution in [2.24, 2.45) is 4.99 Å². The van der Waals surface area contributed by atoms with E-state index in [9.17, 15) is 12.8 Å². The van der Waals surface area contributed by atoms with E-state index in [4.69, 9.17) is 0 Å². The van der Waals surface area contributed by atoms with Gasteiger partial charge in [-0.15, -0.1) is 11.8 Å². The van der Waals surface area contributed by atoms with Gasteiger partial charge in [-0.3, -0.25) is 4.99 Å². The molecular weight excluding hydrogens is 407 g/mol. The second kappa shape index (κ2) is 11.8. The molecule has 0 atom stereocenters. The molecule has 2 rings (SSSR count). The Balaban J connectivity index is 1.60. The molecule has 1 aromatic carbocycles. The van der Waals surface area contributed by atoms with Gasteiger partial charge in [0.25, 0.3) is 0 Å². The molecule has 27 heavy (non-hydrogen) atoms. The first-order chi connectivity index (χ1) is 13.0. The predicted octanol–water partition coefficient (Wildman–Crippen LogP) is 1.85. The Morgan fingerprint density at radius 1 is 1.22 bits per heavy atom. The molecule has 6 nitrogen and oxygen atoms in total. The number of hydrogen-bond acceptors (Lipinski definition) is 5. The van der Waals surface area contributed by atoms with Gasteiger partial charge in [0.05, 0.1) is 5.75 Å². The van der Waals surface area contributed by atoms with E-state index in [1.807, 2.05) is 0 Å². The minimum absolute atomic E-state index is 0.0682. The number of nitrogens with one attached hydrogen (secondary N) is 2. The van der Waals surface area contributed by atoms with Crippen LogP contribution >= 0.6 is 23.5 Å². The van der Waals surface area contributed by atoms with Crippen molar-refractivity contribution in [1.29, 1.82) is 0 Å². The van der Waals surface area contributed by atoms with Crippen LogP contribution in [0.4, 0.5) is 4.39 Å². The molecule has 10 heteroatoms. The monoisotopic (exact) mass is 434 g/mol. The lowest BCUT2D eigenvalue weighted by atomic mass is 10.4. The third-order valence-corrected chi connectivity index (χ3v) is 7.85. The number of aliphatic imine (C=N–C) groups is 1. The van der Waals surface area contributed by atoms with Gasteiger partial charge >= 0.3 is 0 Å². The summed E-state index contributed by atoms with van der Waals surface area (Å²) in [6.45, 7) is 2.26. The first-order valence-corrected chi connectivity index (χ1v) is 12.6. The smallest absolute Gasteiger partial charge is 0.215 e. The summed E-state index contributed by atoms with van der Waals surface area (Å²) in [7, 11) is -1.54. The van der Waals surface area contributed by atoms with E-state index < -0.39 is 10.0 Å². The Hall–Kier alpha value is -0.970. The number of nitrogens with zero attached hydrogens (tertiary/aromatic N) is 2. The molecule has 0 unspecified atom stereocenters. The van der Waals surface area contributed by atoms with Gasteiger partial charge in [-0.2, -0.15) is 11.8 Å². The maximum absolute atomic E-state index is 12.9. The molecule has 0 aromatic heterocycles. The summed E-state index contributed by atoms with van der Waals surface area (Å²) in [6, 6.07) is 6.47. The predicted molar refractivity (Wildman–Crippen MR) is 114 cm³/mol. The lowest BCUT2D eigenvalue weighted by Crippen LogP contribution is -2.44. The SMILES string of the molecule is CN=C(NCCCSc1ccc(F)cc1)NCCS(=O)(=O)N1CCSCC1. The quantitative estimate of drug-likeness (QED) is 0.267. The fourth-order valence-electron chi connectivity index (χ4n) is 2.47. The minimum atomic E-state index is -3.21. The van der Waals surface area contributed by atoms with Gasteiger partial charge in [0.2, 0.25) is 10.0 Å². The number of halogens is 1. The average molecular weight is 435 g/mol. The third kappa shape index (κ3) is 8.28. The molecule has 0 bridgehead atoms. The van der Waals surface area contributed by atoms with Gasteiger partial charge < -0.3 is 10.6 Å². The van der Waals surface area contributed by atoms with Crippen molar-refractivity contribution in [3.8, 4) is 0 Å². The van der Waals surface area contributed by atoms with Crippen LogP contribution in [0.15, 0.2) is 34.2 Å². The van der Waals surface area contributed by atoms with Crippen molar-refractivity contribution in [3.63, 3.8) is 0 Å². The summed E-state index contributed by atoms with van der Waals surface area (Å²) in [5.74, 6) is 3.08. The Bertz CT molecular complexity index is 693. The highest BCUT2D eigenvalue weighted by Crippen LogP contribution is 2.18. The normalized spacial score (nSPS) is 16.3. The van der Waals surface area contributed by atoms with Crippen LogP contribution in [0.2, 0.25) is 0 Å². The summed E-state index contributed by atoms with van der Waals surface area (Å²) < 4.78 is 39.0. The summed E-state index contributed by atoms with van der Waals surface area (Å²) in [4.78, 5) is 5.16. The first-order valence-electron chi connectivity index (χ1n) is 8.90. The number of sulfonamides is 1. The first kappa shape index (κ1) is 22.3. The Morgan fingerprint density at radius 2 is 1.89 bits per heavy atom. The fraction of sp³-hybridized carbons (Fsp3) is 0.588. The molecule has 1 aliphatic rings. The molecule has 0 radical (unpaired) electrons. The molecule has 0 spiro atoms. The van der Waals surface area contributed by atoms with Crippen LogP contribution < -0.4 is 10.6 Å². The van der Waals surface area contributed by atoms with E-state index in [-0.39, 0.29) is 11.6 Å². The highest BCUT2D eigenvalue weighted by atomic mass is 32.2. The molecular formula is C17H27FN4O2S3. The maximum Gasteiger partial charge on any atom is 0.215 e. The fourth-order valence-corrected chi connectivity index (χ4v) is 5.82. The average Bonchev–Trinajstić information content (AvgIpc) is 2.68. The van der Waals surface area contributed by atoms with E-state index in [0.29, 0.717) is 25.6 Å². The minimum Gasteiger partial charge on any atom is -0.356 e. The zero-order valence-electron chi connectivity index (χ0n) is 15.5. The van der Waals surface area contributed by atoms with Crippen LogP contribution in [0.25, 0.3) is 0 Å². The summed E-state index contributed by atoms with van der Waals surface area (Å²) in [6.07, 6.45) is 0.909. The van der Waals surface area contributed by atoms with Crippen molar-refractivity contribution in [2.45, 2.75) is 11.3 Å². The van der Waals surface area contributed by atoms with Crippen molar-refractivity contribution in [2.75, 3.05) is 56.2 Å². The van der Waals surface area contributed by atoms with Crippen molar-refractivity contribution >= 4 is 39.5 Å². The van der Waals surface area contributed by atoms with Crippen LogP contribution in [0, 0.1) is 5.82 Å². The molecule has 1 aliphatic heterocycles. The zero-order chi connectivity index (χ0) is 19.5. The van der Waals surface area contributed by atoms with Crippen LogP contribution in [-0.2, 0) is 10.0 Å². The second-order valence-electron chi connectivity index (χ2n) is 5.91. The summed E-state index contributed by atoms with van der Waals surface area (Å²) in [5, 5.41) is 6.24. The highest BCUT2D eigenvalue weighted by Gasteiger charge is 2.23. The van der Waals surface area contributed by atoms with Crippen molar-refractivity contribution < 1.29 is 12.8 Å². The van der Waals surface area contributed by atoms with Gasteiger partial charge in [0.15, 0.2) is 5.96 Å². The number of hydrogen-bond donors (Lipinski definition) is 2. The largest absolute Gasteiger partial charge is 0.356 e. The van der Waals surface area contributed by atoms with Gasteiger partial charge in [0, 0.05) is 49.6 Å². The Labute approximate surface area is 169 Å². The van der Waals surface area contributed by atoms with Crippen molar-refractivity contribution in [1.82, 2.24) is 14.9 Å². The van der Waals surface area contributed by atoms with Crippen molar-refractivity contribution in [3.05, 3.63) is 30.1 Å². The van der Waals surface area contributed by atoms with Crippen LogP contribution in [0.3, 0.4) is 0 Å². The number of guanidine groups is 1. The zero-order valence-corrected chi connectivity index (χ0v) is 17.9. The molecule has 2 N–H and O–H groups in total. The highest BCUT2D eigenvalue weighted by molar-refractivity contribution is 7.99. The molecule has 1 saturated heterocycles. The van der Waals surface area contributed by atoms with E-state index in [1.165, 1.54) is 12.1 Å². The van der Waals surface area contributed by atoms with Gasteiger partial charge in [-0.25, -0.2) is 17.1 Å². The van der Waals surface area contributed by atoms with Gasteiger partial charge in [0.1, 0.15) is 5.82 Å².